The lowest BCUT2D eigenvalue weighted by atomic mass is 9.84. The van der Waals surface area contributed by atoms with Crippen LogP contribution >= 0.6 is 0 Å². The molecule has 4 atom stereocenters. The molecule has 2 aliphatic heterocycles. The molecule has 5 rings (SSSR count). The van der Waals surface area contributed by atoms with Crippen molar-refractivity contribution < 1.29 is 23.8 Å². The number of aromatic amines is 1. The van der Waals surface area contributed by atoms with Crippen LogP contribution in [0.15, 0.2) is 48.1 Å². The summed E-state index contributed by atoms with van der Waals surface area (Å²) < 4.78 is 17.0. The summed E-state index contributed by atoms with van der Waals surface area (Å²) in [6.45, 7) is 6.50. The number of alkyl carbamates (subject to hydrolysis) is 1. The highest BCUT2D eigenvalue weighted by molar-refractivity contribution is 5.91. The fourth-order valence-electron chi connectivity index (χ4n) is 4.77. The van der Waals surface area contributed by atoms with E-state index in [9.17, 15) is 9.59 Å². The molecule has 1 aromatic heterocycles. The predicted octanol–water partition coefficient (Wildman–Crippen LogP) is 3.54. The monoisotopic (exact) mass is 437 g/mol. The van der Waals surface area contributed by atoms with E-state index in [2.05, 4.69) is 35.1 Å². The van der Waals surface area contributed by atoms with Crippen molar-refractivity contribution in [1.82, 2.24) is 15.5 Å². The fourth-order valence-corrected chi connectivity index (χ4v) is 4.77. The molecule has 3 heterocycles. The normalized spacial score (nSPS) is 31.2. The lowest BCUT2D eigenvalue weighted by Gasteiger charge is -2.20. The van der Waals surface area contributed by atoms with Crippen molar-refractivity contribution in [1.29, 1.82) is 0 Å². The second-order valence-electron chi connectivity index (χ2n) is 8.94. The minimum atomic E-state index is -0.485. The van der Waals surface area contributed by atoms with Crippen molar-refractivity contribution in [2.45, 2.75) is 57.0 Å². The zero-order valence-electron chi connectivity index (χ0n) is 18.1. The van der Waals surface area contributed by atoms with Crippen molar-refractivity contribution in [3.63, 3.8) is 0 Å². The number of nitrogens with one attached hydrogen (secondary N) is 2. The Balaban J connectivity index is 1.18. The van der Waals surface area contributed by atoms with Gasteiger partial charge >= 0.3 is 12.1 Å². The first-order chi connectivity index (χ1) is 15.4. The minimum Gasteiger partial charge on any atom is -0.455 e. The van der Waals surface area contributed by atoms with Crippen LogP contribution in [0.3, 0.4) is 0 Å². The molecule has 0 radical (unpaired) electrons. The van der Waals surface area contributed by atoms with Gasteiger partial charge in [-0.1, -0.05) is 30.9 Å². The number of rotatable bonds is 4. The average Bonchev–Trinajstić information content (AvgIpc) is 3.14. The summed E-state index contributed by atoms with van der Waals surface area (Å²) in [7, 11) is 0. The van der Waals surface area contributed by atoms with Gasteiger partial charge in [0.2, 0.25) is 0 Å². The predicted molar refractivity (Wildman–Crippen MR) is 117 cm³/mol. The van der Waals surface area contributed by atoms with Crippen LogP contribution < -0.4 is 5.32 Å². The van der Waals surface area contributed by atoms with E-state index in [0.29, 0.717) is 25.0 Å². The topological polar surface area (TPSA) is 106 Å². The van der Waals surface area contributed by atoms with E-state index < -0.39 is 6.09 Å². The van der Waals surface area contributed by atoms with Gasteiger partial charge in [-0.3, -0.25) is 5.10 Å². The Labute approximate surface area is 186 Å². The van der Waals surface area contributed by atoms with Gasteiger partial charge in [0, 0.05) is 16.9 Å². The number of fused-ring (bicyclic) bond motifs is 4. The summed E-state index contributed by atoms with van der Waals surface area (Å²) in [5.41, 5.74) is 2.95. The first kappa shape index (κ1) is 20.8. The molecule has 2 N–H and O–H groups in total. The largest absolute Gasteiger partial charge is 0.455 e. The number of hydrogen-bond donors (Lipinski definition) is 2. The standard InChI is InChI=1S/C24H27N3O5/c1-14-16-10-9-15(6-5-11-24(2)21(32-24)20(16)31-22(14)28)13-30-23(29)25-12-19-17-7-3-4-8-18(17)26-27-19/h3-4,6-8,16,20-21H,1,5,9-13H2,2H3,(H,25,29)(H,26,27)/b15-6+/t16-,20-,21-,24+/m0/s1. The number of hydrogen-bond acceptors (Lipinski definition) is 6. The number of amides is 1. The fraction of sp³-hybridized carbons (Fsp3) is 0.458. The van der Waals surface area contributed by atoms with Crippen LogP contribution in [0.2, 0.25) is 0 Å². The maximum Gasteiger partial charge on any atom is 0.407 e. The number of carbonyl (C=O) groups is 2. The van der Waals surface area contributed by atoms with Crippen LogP contribution in [0.5, 0.6) is 0 Å². The van der Waals surface area contributed by atoms with Crippen molar-refractivity contribution in [2.24, 2.45) is 5.92 Å². The van der Waals surface area contributed by atoms with Gasteiger partial charge in [0.25, 0.3) is 0 Å². The summed E-state index contributed by atoms with van der Waals surface area (Å²) in [4.78, 5) is 24.4. The van der Waals surface area contributed by atoms with Gasteiger partial charge in [0.15, 0.2) is 0 Å². The van der Waals surface area contributed by atoms with Crippen molar-refractivity contribution >= 4 is 23.0 Å². The molecule has 8 nitrogen and oxygen atoms in total. The number of nitrogens with zero attached hydrogens (tertiary/aromatic N) is 1. The molecule has 3 aliphatic rings. The first-order valence-electron chi connectivity index (χ1n) is 11.0. The summed E-state index contributed by atoms with van der Waals surface area (Å²) in [6.07, 6.45) is 4.37. The lowest BCUT2D eigenvalue weighted by molar-refractivity contribution is -0.140. The van der Waals surface area contributed by atoms with E-state index in [1.165, 1.54) is 0 Å². The van der Waals surface area contributed by atoms with E-state index in [1.54, 1.807) is 0 Å². The first-order valence-corrected chi connectivity index (χ1v) is 11.0. The number of para-hydroxylation sites is 1. The van der Waals surface area contributed by atoms with Gasteiger partial charge < -0.3 is 19.5 Å². The number of ether oxygens (including phenoxy) is 3. The molecule has 1 aliphatic carbocycles. The smallest absolute Gasteiger partial charge is 0.407 e. The van der Waals surface area contributed by atoms with Gasteiger partial charge in [0.05, 0.1) is 23.4 Å². The Bertz CT molecular complexity index is 1110. The Kier molecular flexibility index (Phi) is 5.25. The zero-order valence-corrected chi connectivity index (χ0v) is 18.1. The average molecular weight is 437 g/mol. The van der Waals surface area contributed by atoms with Gasteiger partial charge in [-0.25, -0.2) is 9.59 Å². The Morgan fingerprint density at radius 1 is 1.41 bits per heavy atom. The zero-order chi connectivity index (χ0) is 22.3. The highest BCUT2D eigenvalue weighted by Gasteiger charge is 2.61. The number of aromatic nitrogens is 2. The number of esters is 1. The van der Waals surface area contributed by atoms with Crippen LogP contribution in [0, 0.1) is 5.92 Å². The molecule has 0 bridgehead atoms. The van der Waals surface area contributed by atoms with Crippen molar-refractivity contribution in [2.75, 3.05) is 6.61 Å². The van der Waals surface area contributed by atoms with Crippen LogP contribution in [0.4, 0.5) is 4.79 Å². The summed E-state index contributed by atoms with van der Waals surface area (Å²) in [5, 5.41) is 10.9. The molecule has 0 unspecified atom stereocenters. The molecular formula is C24H27N3O5. The molecule has 2 fully saturated rings. The van der Waals surface area contributed by atoms with Gasteiger partial charge in [-0.15, -0.1) is 0 Å². The SMILES string of the molecule is C=C1C(=O)O[C@H]2[C@H]1CC/C(COC(=O)NCc1[nH]nc3ccccc13)=C\CC[C@@]1(C)O[C@@H]21. The second-order valence-corrected chi connectivity index (χ2v) is 8.94. The highest BCUT2D eigenvalue weighted by Crippen LogP contribution is 2.49. The summed E-state index contributed by atoms with van der Waals surface area (Å²) in [6, 6.07) is 7.72. The van der Waals surface area contributed by atoms with Crippen LogP contribution in [0.25, 0.3) is 10.9 Å². The number of benzene rings is 1. The second kappa shape index (κ2) is 8.09. The summed E-state index contributed by atoms with van der Waals surface area (Å²) >= 11 is 0. The molecule has 8 heteroatoms. The number of carbonyl (C=O) groups excluding carboxylic acids is 2. The minimum absolute atomic E-state index is 0.0637. The van der Waals surface area contributed by atoms with E-state index >= 15 is 0 Å². The summed E-state index contributed by atoms with van der Waals surface area (Å²) in [5.74, 6) is -0.400. The molecule has 32 heavy (non-hydrogen) atoms. The van der Waals surface area contributed by atoms with E-state index in [0.717, 1.165) is 35.0 Å². The van der Waals surface area contributed by atoms with Crippen LogP contribution in [0.1, 0.15) is 38.3 Å². The van der Waals surface area contributed by atoms with Crippen molar-refractivity contribution in [3.05, 3.63) is 53.8 Å². The molecule has 0 spiro atoms. The molecule has 2 aromatic rings. The van der Waals surface area contributed by atoms with E-state index in [-0.39, 0.29) is 36.3 Å². The number of epoxide rings is 1. The van der Waals surface area contributed by atoms with E-state index in [1.807, 2.05) is 24.3 Å². The van der Waals surface area contributed by atoms with Gasteiger partial charge in [-0.2, -0.15) is 5.10 Å². The molecule has 1 aromatic carbocycles. The third-order valence-corrected chi connectivity index (χ3v) is 6.78. The quantitative estimate of drug-likeness (QED) is 0.328. The van der Waals surface area contributed by atoms with Gasteiger partial charge in [0.1, 0.15) is 18.8 Å². The molecular weight excluding hydrogens is 410 g/mol. The highest BCUT2D eigenvalue weighted by atomic mass is 16.6. The van der Waals surface area contributed by atoms with Crippen molar-refractivity contribution in [3.8, 4) is 0 Å². The molecule has 0 saturated carbocycles. The third-order valence-electron chi connectivity index (χ3n) is 6.78. The number of H-pyrrole nitrogens is 1. The Morgan fingerprint density at radius 2 is 2.25 bits per heavy atom. The molecule has 2 saturated heterocycles. The maximum atomic E-state index is 12.3. The Morgan fingerprint density at radius 3 is 3.12 bits per heavy atom. The Hall–Kier alpha value is -3.13. The molecule has 1 amide bonds. The molecule has 168 valence electrons. The van der Waals surface area contributed by atoms with E-state index in [4.69, 9.17) is 14.2 Å². The van der Waals surface area contributed by atoms with Crippen LogP contribution in [-0.4, -0.2) is 46.7 Å². The lowest BCUT2D eigenvalue weighted by Crippen LogP contribution is -2.29. The van der Waals surface area contributed by atoms with Gasteiger partial charge in [-0.05, 0) is 44.2 Å². The third kappa shape index (κ3) is 3.90. The number of allylic oxidation sites excluding steroid dienone is 1. The maximum absolute atomic E-state index is 12.3. The van der Waals surface area contributed by atoms with Crippen LogP contribution in [-0.2, 0) is 25.5 Å².